The molecule has 0 radical (unpaired) electrons. The molecule has 0 aromatic carbocycles. The molecule has 2 heterocycles. The van der Waals surface area contributed by atoms with Crippen molar-refractivity contribution in [3.05, 3.63) is 16.3 Å². The second-order valence-corrected chi connectivity index (χ2v) is 4.58. The van der Waals surface area contributed by atoms with Crippen LogP contribution in [-0.2, 0) is 11.8 Å². The molecular weight excluding hydrogens is 236 g/mol. The minimum Gasteiger partial charge on any atom is -0.339 e. The highest BCUT2D eigenvalue weighted by molar-refractivity contribution is 5.85. The number of nitro groups is 1. The largest absolute Gasteiger partial charge is 0.339 e. The number of Topliss-reactive ketones (excluding diaryl/α,β-unsaturated/α-hetero) is 1. The van der Waals surface area contributed by atoms with Gasteiger partial charge in [0, 0.05) is 13.6 Å². The van der Waals surface area contributed by atoms with E-state index in [0.717, 1.165) is 19.3 Å². The lowest BCUT2D eigenvalue weighted by Crippen LogP contribution is -2.44. The van der Waals surface area contributed by atoms with E-state index in [0.29, 0.717) is 12.4 Å². The van der Waals surface area contributed by atoms with Gasteiger partial charge in [0.25, 0.3) is 0 Å². The first-order chi connectivity index (χ1) is 8.50. The number of hydrogen-bond donors (Lipinski definition) is 0. The van der Waals surface area contributed by atoms with Crippen molar-refractivity contribution in [1.29, 1.82) is 0 Å². The quantitative estimate of drug-likeness (QED) is 0.597. The average molecular weight is 252 g/mol. The topological polar surface area (TPSA) is 81.3 Å². The fourth-order valence-electron chi connectivity index (χ4n) is 2.41. The number of piperidine rings is 1. The number of carbonyl (C=O) groups is 1. The molecule has 1 aromatic rings. The summed E-state index contributed by atoms with van der Waals surface area (Å²) in [6.07, 6.45) is 4.02. The molecule has 2 rings (SSSR count). The summed E-state index contributed by atoms with van der Waals surface area (Å²) in [6.45, 7) is 2.17. The molecule has 0 aliphatic carbocycles. The van der Waals surface area contributed by atoms with Crippen LogP contribution in [0.3, 0.4) is 0 Å². The van der Waals surface area contributed by atoms with Crippen molar-refractivity contribution in [2.75, 3.05) is 11.4 Å². The third kappa shape index (κ3) is 2.20. The van der Waals surface area contributed by atoms with Crippen molar-refractivity contribution in [3.8, 4) is 0 Å². The smallest absolute Gasteiger partial charge is 0.330 e. The van der Waals surface area contributed by atoms with Gasteiger partial charge in [-0.3, -0.25) is 19.6 Å². The molecule has 1 aromatic heterocycles. The summed E-state index contributed by atoms with van der Waals surface area (Å²) in [4.78, 5) is 23.9. The van der Waals surface area contributed by atoms with Gasteiger partial charge >= 0.3 is 5.69 Å². The Kier molecular flexibility index (Phi) is 3.31. The zero-order valence-corrected chi connectivity index (χ0v) is 10.5. The van der Waals surface area contributed by atoms with Crippen molar-refractivity contribution < 1.29 is 9.72 Å². The van der Waals surface area contributed by atoms with Gasteiger partial charge in [0.1, 0.15) is 6.20 Å². The highest BCUT2D eigenvalue weighted by Crippen LogP contribution is 2.31. The van der Waals surface area contributed by atoms with Crippen LogP contribution in [0.1, 0.15) is 26.2 Å². The Labute approximate surface area is 105 Å². The summed E-state index contributed by atoms with van der Waals surface area (Å²) in [5.74, 6) is 0.344. The standard InChI is InChI=1S/C11H16N4O3/c1-8(16)9-5-3-4-6-14(9)11-10(15(17)18)7-13(2)12-11/h7,9H,3-6H2,1-2H3. The van der Waals surface area contributed by atoms with Crippen LogP contribution in [0.5, 0.6) is 0 Å². The Hall–Kier alpha value is -1.92. The van der Waals surface area contributed by atoms with Gasteiger partial charge in [-0.1, -0.05) is 0 Å². The first-order valence-electron chi connectivity index (χ1n) is 5.96. The lowest BCUT2D eigenvalue weighted by atomic mass is 9.99. The number of aryl methyl sites for hydroxylation is 1. The molecule has 0 bridgehead atoms. The number of ketones is 1. The molecule has 1 saturated heterocycles. The molecule has 1 fully saturated rings. The lowest BCUT2D eigenvalue weighted by molar-refractivity contribution is -0.384. The summed E-state index contributed by atoms with van der Waals surface area (Å²) in [6, 6.07) is -0.285. The van der Waals surface area contributed by atoms with E-state index >= 15 is 0 Å². The van der Waals surface area contributed by atoms with Crippen LogP contribution in [0.15, 0.2) is 6.20 Å². The maximum atomic E-state index is 11.6. The number of carbonyl (C=O) groups excluding carboxylic acids is 1. The third-order valence-electron chi connectivity index (χ3n) is 3.23. The van der Waals surface area contributed by atoms with E-state index in [9.17, 15) is 14.9 Å². The second kappa shape index (κ2) is 4.75. The molecule has 1 unspecified atom stereocenters. The maximum absolute atomic E-state index is 11.6. The van der Waals surface area contributed by atoms with Crippen molar-refractivity contribution in [1.82, 2.24) is 9.78 Å². The average Bonchev–Trinajstić information content (AvgIpc) is 2.71. The first-order valence-corrected chi connectivity index (χ1v) is 5.96. The van der Waals surface area contributed by atoms with E-state index in [1.807, 2.05) is 0 Å². The van der Waals surface area contributed by atoms with Gasteiger partial charge in [-0.15, -0.1) is 5.10 Å². The molecular formula is C11H16N4O3. The first kappa shape index (κ1) is 12.5. The zero-order valence-electron chi connectivity index (χ0n) is 10.5. The summed E-state index contributed by atoms with van der Waals surface area (Å²) in [5.41, 5.74) is -0.0364. The monoisotopic (exact) mass is 252 g/mol. The van der Waals surface area contributed by atoms with Crippen LogP contribution in [0.25, 0.3) is 0 Å². The van der Waals surface area contributed by atoms with Gasteiger partial charge in [-0.2, -0.15) is 0 Å². The zero-order chi connectivity index (χ0) is 13.3. The fraction of sp³-hybridized carbons (Fsp3) is 0.636. The Morgan fingerprint density at radius 3 is 2.89 bits per heavy atom. The van der Waals surface area contributed by atoms with Crippen LogP contribution in [-0.4, -0.2) is 33.1 Å². The van der Waals surface area contributed by atoms with Crippen LogP contribution < -0.4 is 4.90 Å². The fourth-order valence-corrected chi connectivity index (χ4v) is 2.41. The van der Waals surface area contributed by atoms with Gasteiger partial charge < -0.3 is 4.90 Å². The van der Waals surface area contributed by atoms with Gasteiger partial charge in [0.2, 0.25) is 5.82 Å². The summed E-state index contributed by atoms with van der Waals surface area (Å²) in [5, 5.41) is 15.1. The predicted molar refractivity (Wildman–Crippen MR) is 65.5 cm³/mol. The Balaban J connectivity index is 2.39. The van der Waals surface area contributed by atoms with E-state index in [2.05, 4.69) is 5.10 Å². The number of anilines is 1. The van der Waals surface area contributed by atoms with E-state index < -0.39 is 4.92 Å². The number of aromatic nitrogens is 2. The Morgan fingerprint density at radius 2 is 2.28 bits per heavy atom. The second-order valence-electron chi connectivity index (χ2n) is 4.58. The summed E-state index contributed by atoms with van der Waals surface area (Å²) < 4.78 is 1.42. The lowest BCUT2D eigenvalue weighted by Gasteiger charge is -2.33. The number of rotatable bonds is 3. The highest BCUT2D eigenvalue weighted by Gasteiger charge is 2.33. The van der Waals surface area contributed by atoms with Crippen molar-refractivity contribution >= 4 is 17.3 Å². The number of hydrogen-bond acceptors (Lipinski definition) is 5. The summed E-state index contributed by atoms with van der Waals surface area (Å²) >= 11 is 0. The van der Waals surface area contributed by atoms with Crippen LogP contribution in [0.2, 0.25) is 0 Å². The van der Waals surface area contributed by atoms with E-state index in [-0.39, 0.29) is 17.5 Å². The Bertz CT molecular complexity index is 483. The van der Waals surface area contributed by atoms with E-state index in [1.54, 1.807) is 11.9 Å². The molecule has 0 saturated carbocycles. The predicted octanol–water partition coefficient (Wildman–Crippen LogP) is 1.28. The van der Waals surface area contributed by atoms with Gasteiger partial charge in [0.05, 0.1) is 11.0 Å². The molecule has 18 heavy (non-hydrogen) atoms. The van der Waals surface area contributed by atoms with Crippen LogP contribution >= 0.6 is 0 Å². The van der Waals surface area contributed by atoms with Crippen LogP contribution in [0, 0.1) is 10.1 Å². The Morgan fingerprint density at radius 1 is 1.56 bits per heavy atom. The van der Waals surface area contributed by atoms with Crippen LogP contribution in [0.4, 0.5) is 11.5 Å². The van der Waals surface area contributed by atoms with Crippen molar-refractivity contribution in [2.24, 2.45) is 7.05 Å². The molecule has 7 nitrogen and oxygen atoms in total. The molecule has 1 aliphatic heterocycles. The van der Waals surface area contributed by atoms with Crippen molar-refractivity contribution in [3.63, 3.8) is 0 Å². The van der Waals surface area contributed by atoms with E-state index in [4.69, 9.17) is 0 Å². The highest BCUT2D eigenvalue weighted by atomic mass is 16.6. The van der Waals surface area contributed by atoms with E-state index in [1.165, 1.54) is 17.8 Å². The molecule has 1 aliphatic rings. The minimum absolute atomic E-state index is 0.0364. The molecule has 0 N–H and O–H groups in total. The SMILES string of the molecule is CC(=O)C1CCCCN1c1nn(C)cc1[N+](=O)[O-]. The summed E-state index contributed by atoms with van der Waals surface area (Å²) in [7, 11) is 1.64. The third-order valence-corrected chi connectivity index (χ3v) is 3.23. The normalized spacial score (nSPS) is 19.9. The minimum atomic E-state index is -0.450. The molecule has 7 heteroatoms. The van der Waals surface area contributed by atoms with Gasteiger partial charge in [-0.25, -0.2) is 0 Å². The molecule has 0 amide bonds. The molecule has 1 atom stereocenters. The van der Waals surface area contributed by atoms with Gasteiger partial charge in [-0.05, 0) is 26.2 Å². The molecule has 0 spiro atoms. The van der Waals surface area contributed by atoms with Gasteiger partial charge in [0.15, 0.2) is 5.78 Å². The van der Waals surface area contributed by atoms with Crippen molar-refractivity contribution in [2.45, 2.75) is 32.2 Å². The number of nitrogens with zero attached hydrogens (tertiary/aromatic N) is 4. The maximum Gasteiger partial charge on any atom is 0.330 e. The molecule has 98 valence electrons.